The Morgan fingerprint density at radius 3 is 2.38 bits per heavy atom. The Labute approximate surface area is 120 Å². The van der Waals surface area contributed by atoms with E-state index < -0.39 is 53.1 Å². The molecular formula is C14H16F2O5. The Balaban J connectivity index is 3.01. The summed E-state index contributed by atoms with van der Waals surface area (Å²) in [4.78, 5) is 22.4. The van der Waals surface area contributed by atoms with Gasteiger partial charge in [-0.2, -0.15) is 0 Å². The molecule has 0 radical (unpaired) electrons. The number of Topliss-reactive ketones (excluding diaryl/α,β-unsaturated/α-hetero) is 1. The second-order valence-corrected chi connectivity index (χ2v) is 4.43. The van der Waals surface area contributed by atoms with Crippen LogP contribution in [0.1, 0.15) is 42.3 Å². The van der Waals surface area contributed by atoms with E-state index in [0.717, 1.165) is 13.0 Å². The molecule has 1 aromatic carbocycles. The molecule has 0 aromatic heterocycles. The lowest BCUT2D eigenvalue weighted by atomic mass is 9.98. The van der Waals surface area contributed by atoms with Gasteiger partial charge in [0.25, 0.3) is 0 Å². The molecule has 0 heterocycles. The van der Waals surface area contributed by atoms with Crippen LogP contribution in [0.4, 0.5) is 8.78 Å². The van der Waals surface area contributed by atoms with Crippen molar-refractivity contribution in [2.24, 2.45) is 0 Å². The van der Waals surface area contributed by atoms with Gasteiger partial charge in [0.15, 0.2) is 5.78 Å². The number of ketones is 1. The SMILES string of the molecule is CCOC(=O)CC(O)C(O)c1cc(C(C)=O)c(F)cc1F. The molecule has 21 heavy (non-hydrogen) atoms. The smallest absolute Gasteiger partial charge is 0.308 e. The van der Waals surface area contributed by atoms with Crippen molar-refractivity contribution in [1.82, 2.24) is 0 Å². The van der Waals surface area contributed by atoms with Gasteiger partial charge in [-0.1, -0.05) is 0 Å². The fourth-order valence-corrected chi connectivity index (χ4v) is 1.77. The molecule has 1 aromatic rings. The maximum absolute atomic E-state index is 13.7. The minimum absolute atomic E-state index is 0.0983. The number of esters is 1. The van der Waals surface area contributed by atoms with Crippen molar-refractivity contribution in [3.63, 3.8) is 0 Å². The molecule has 7 heteroatoms. The molecule has 1 rings (SSSR count). The summed E-state index contributed by atoms with van der Waals surface area (Å²) in [5.41, 5.74) is -0.868. The third-order valence-corrected chi connectivity index (χ3v) is 2.83. The lowest BCUT2D eigenvalue weighted by molar-refractivity contribution is -0.147. The topological polar surface area (TPSA) is 83.8 Å². The number of aliphatic hydroxyl groups excluding tert-OH is 2. The summed E-state index contributed by atoms with van der Waals surface area (Å²) in [6.07, 6.45) is -3.97. The van der Waals surface area contributed by atoms with Gasteiger partial charge in [0.1, 0.15) is 17.7 Å². The van der Waals surface area contributed by atoms with Crippen molar-refractivity contribution in [2.75, 3.05) is 6.61 Å². The lowest BCUT2D eigenvalue weighted by Gasteiger charge is -2.18. The molecule has 2 N–H and O–H groups in total. The van der Waals surface area contributed by atoms with Crippen molar-refractivity contribution in [2.45, 2.75) is 32.5 Å². The quantitative estimate of drug-likeness (QED) is 0.615. The molecular weight excluding hydrogens is 286 g/mol. The van der Waals surface area contributed by atoms with Gasteiger partial charge in [0, 0.05) is 11.6 Å². The van der Waals surface area contributed by atoms with Gasteiger partial charge < -0.3 is 14.9 Å². The maximum atomic E-state index is 13.7. The summed E-state index contributed by atoms with van der Waals surface area (Å²) >= 11 is 0. The van der Waals surface area contributed by atoms with E-state index in [2.05, 4.69) is 4.74 Å². The highest BCUT2D eigenvalue weighted by Gasteiger charge is 2.26. The summed E-state index contributed by atoms with van der Waals surface area (Å²) in [6, 6.07) is 1.28. The molecule has 116 valence electrons. The van der Waals surface area contributed by atoms with E-state index >= 15 is 0 Å². The first-order valence-corrected chi connectivity index (χ1v) is 6.29. The summed E-state index contributed by atoms with van der Waals surface area (Å²) in [6.45, 7) is 2.75. The van der Waals surface area contributed by atoms with Crippen LogP contribution in [0.5, 0.6) is 0 Å². The number of carbonyl (C=O) groups is 2. The molecule has 0 saturated carbocycles. The Hall–Kier alpha value is -1.86. The maximum Gasteiger partial charge on any atom is 0.308 e. The summed E-state index contributed by atoms with van der Waals surface area (Å²) in [5.74, 6) is -3.59. The molecule has 0 aliphatic heterocycles. The van der Waals surface area contributed by atoms with Gasteiger partial charge in [-0.25, -0.2) is 8.78 Å². The molecule has 0 bridgehead atoms. The average Bonchev–Trinajstić information content (AvgIpc) is 2.37. The van der Waals surface area contributed by atoms with Crippen molar-refractivity contribution >= 4 is 11.8 Å². The molecule has 0 saturated heterocycles. The zero-order valence-electron chi connectivity index (χ0n) is 11.6. The number of ether oxygens (including phenoxy) is 1. The lowest BCUT2D eigenvalue weighted by Crippen LogP contribution is -2.24. The first-order chi connectivity index (χ1) is 9.77. The van der Waals surface area contributed by atoms with Crippen LogP contribution in [-0.4, -0.2) is 34.7 Å². The highest BCUT2D eigenvalue weighted by Crippen LogP contribution is 2.25. The van der Waals surface area contributed by atoms with Gasteiger partial charge in [0.2, 0.25) is 0 Å². The number of hydrogen-bond acceptors (Lipinski definition) is 5. The van der Waals surface area contributed by atoms with Crippen molar-refractivity contribution < 1.29 is 33.3 Å². The third-order valence-electron chi connectivity index (χ3n) is 2.83. The highest BCUT2D eigenvalue weighted by atomic mass is 19.1. The van der Waals surface area contributed by atoms with Crippen LogP contribution in [0.15, 0.2) is 12.1 Å². The van der Waals surface area contributed by atoms with Crippen LogP contribution in [0.3, 0.4) is 0 Å². The number of rotatable bonds is 6. The number of carbonyl (C=O) groups excluding carboxylic acids is 2. The van der Waals surface area contributed by atoms with E-state index in [4.69, 9.17) is 0 Å². The molecule has 0 aliphatic carbocycles. The van der Waals surface area contributed by atoms with Crippen LogP contribution in [-0.2, 0) is 9.53 Å². The second kappa shape index (κ2) is 7.24. The Morgan fingerprint density at radius 1 is 1.24 bits per heavy atom. The van der Waals surface area contributed by atoms with Crippen molar-refractivity contribution in [3.05, 3.63) is 34.9 Å². The molecule has 0 fully saturated rings. The fourth-order valence-electron chi connectivity index (χ4n) is 1.77. The van der Waals surface area contributed by atoms with Gasteiger partial charge in [-0.15, -0.1) is 0 Å². The van der Waals surface area contributed by atoms with Crippen molar-refractivity contribution in [3.8, 4) is 0 Å². The zero-order valence-corrected chi connectivity index (χ0v) is 11.6. The van der Waals surface area contributed by atoms with E-state index in [9.17, 15) is 28.6 Å². The molecule has 5 nitrogen and oxygen atoms in total. The van der Waals surface area contributed by atoms with Crippen molar-refractivity contribution in [1.29, 1.82) is 0 Å². The number of hydrogen-bond donors (Lipinski definition) is 2. The normalized spacial score (nSPS) is 13.6. The van der Waals surface area contributed by atoms with E-state index in [1.807, 2.05) is 0 Å². The summed E-state index contributed by atoms with van der Waals surface area (Å²) in [7, 11) is 0. The van der Waals surface area contributed by atoms with Crippen LogP contribution in [0.25, 0.3) is 0 Å². The third kappa shape index (κ3) is 4.30. The standard InChI is InChI=1S/C14H16F2O5/c1-3-21-13(19)6-12(18)14(20)9-4-8(7(2)17)10(15)5-11(9)16/h4-5,12,14,18,20H,3,6H2,1-2H3. The Morgan fingerprint density at radius 2 is 1.86 bits per heavy atom. The first-order valence-electron chi connectivity index (χ1n) is 6.29. The second-order valence-electron chi connectivity index (χ2n) is 4.43. The predicted octanol–water partition coefficient (Wildman–Crippen LogP) is 1.51. The Kier molecular flexibility index (Phi) is 5.92. The largest absolute Gasteiger partial charge is 0.466 e. The number of aliphatic hydroxyl groups is 2. The monoisotopic (exact) mass is 302 g/mol. The zero-order chi connectivity index (χ0) is 16.2. The first kappa shape index (κ1) is 17.2. The van der Waals surface area contributed by atoms with E-state index in [0.29, 0.717) is 6.07 Å². The molecule has 2 unspecified atom stereocenters. The molecule has 0 spiro atoms. The molecule has 0 amide bonds. The summed E-state index contributed by atoms with van der Waals surface area (Å²) < 4.78 is 31.6. The van der Waals surface area contributed by atoms with Crippen LogP contribution in [0.2, 0.25) is 0 Å². The number of halogens is 2. The summed E-state index contributed by atoms with van der Waals surface area (Å²) in [5, 5.41) is 19.5. The number of benzene rings is 1. The van der Waals surface area contributed by atoms with E-state index in [1.165, 1.54) is 0 Å². The van der Waals surface area contributed by atoms with Gasteiger partial charge in [0.05, 0.1) is 24.7 Å². The van der Waals surface area contributed by atoms with Gasteiger partial charge in [-0.05, 0) is 19.9 Å². The van der Waals surface area contributed by atoms with Gasteiger partial charge in [-0.3, -0.25) is 9.59 Å². The van der Waals surface area contributed by atoms with Crippen LogP contribution >= 0.6 is 0 Å². The van der Waals surface area contributed by atoms with E-state index in [1.54, 1.807) is 6.92 Å². The average molecular weight is 302 g/mol. The van der Waals surface area contributed by atoms with Crippen LogP contribution < -0.4 is 0 Å². The van der Waals surface area contributed by atoms with Gasteiger partial charge >= 0.3 is 5.97 Å². The Bertz CT molecular complexity index is 544. The van der Waals surface area contributed by atoms with Crippen LogP contribution in [0, 0.1) is 11.6 Å². The minimum Gasteiger partial charge on any atom is -0.466 e. The fraction of sp³-hybridized carbons (Fsp3) is 0.429. The highest BCUT2D eigenvalue weighted by molar-refractivity contribution is 5.94. The molecule has 2 atom stereocenters. The minimum atomic E-state index is -1.78. The molecule has 0 aliphatic rings. The predicted molar refractivity (Wildman–Crippen MR) is 68.6 cm³/mol. The van der Waals surface area contributed by atoms with E-state index in [-0.39, 0.29) is 6.61 Å².